The summed E-state index contributed by atoms with van der Waals surface area (Å²) in [5, 5.41) is 10.8. The van der Waals surface area contributed by atoms with E-state index in [4.69, 9.17) is 4.52 Å². The summed E-state index contributed by atoms with van der Waals surface area (Å²) in [6.07, 6.45) is 2.66. The van der Waals surface area contributed by atoms with Crippen LogP contribution in [-0.2, 0) is 6.54 Å². The van der Waals surface area contributed by atoms with Gasteiger partial charge in [-0.05, 0) is 39.7 Å². The number of guanidine groups is 1. The topological polar surface area (TPSA) is 65.7 Å². The average Bonchev–Trinajstić information content (AvgIpc) is 3.26. The van der Waals surface area contributed by atoms with Crippen LogP contribution in [0.15, 0.2) is 15.6 Å². The van der Waals surface area contributed by atoms with Crippen molar-refractivity contribution >= 4 is 5.96 Å². The normalized spacial score (nSPS) is 16.9. The van der Waals surface area contributed by atoms with E-state index in [0.717, 1.165) is 36.5 Å². The van der Waals surface area contributed by atoms with Crippen LogP contribution in [0.25, 0.3) is 0 Å². The number of hydrogen-bond donors (Lipinski definition) is 2. The summed E-state index contributed by atoms with van der Waals surface area (Å²) in [5.41, 5.74) is 0.979. The molecule has 6 heteroatoms. The van der Waals surface area contributed by atoms with E-state index in [1.165, 1.54) is 12.8 Å². The summed E-state index contributed by atoms with van der Waals surface area (Å²) in [6, 6.07) is 3.25. The molecule has 1 unspecified atom stereocenters. The van der Waals surface area contributed by atoms with Crippen molar-refractivity contribution < 1.29 is 4.52 Å². The quantitative estimate of drug-likeness (QED) is 0.568. The molecule has 1 aromatic heterocycles. The Kier molecular flexibility index (Phi) is 6.45. The molecule has 23 heavy (non-hydrogen) atoms. The van der Waals surface area contributed by atoms with Crippen molar-refractivity contribution in [2.75, 3.05) is 20.1 Å². The maximum atomic E-state index is 5.34. The van der Waals surface area contributed by atoms with Crippen LogP contribution < -0.4 is 10.6 Å². The van der Waals surface area contributed by atoms with Crippen molar-refractivity contribution in [3.8, 4) is 0 Å². The fourth-order valence-corrected chi connectivity index (χ4v) is 2.40. The van der Waals surface area contributed by atoms with Crippen molar-refractivity contribution in [2.45, 2.75) is 65.1 Å². The Hall–Kier alpha value is -1.56. The largest absolute Gasteiger partial charge is 0.359 e. The number of aromatic nitrogens is 1. The highest BCUT2D eigenvalue weighted by Crippen LogP contribution is 2.26. The predicted molar refractivity (Wildman–Crippen MR) is 93.7 cm³/mol. The summed E-state index contributed by atoms with van der Waals surface area (Å²) in [5.74, 6) is 2.00. The minimum atomic E-state index is 0.377. The number of nitrogens with one attached hydrogen (secondary N) is 2. The third-order valence-corrected chi connectivity index (χ3v) is 4.29. The first-order chi connectivity index (χ1) is 11.0. The van der Waals surface area contributed by atoms with E-state index in [9.17, 15) is 0 Å². The standard InChI is InChI=1S/C17H31N5O/c1-6-18-17(19-10-13(4)22(5)14-7-8-14)20-11-15-9-16(12(2)3)21-23-15/h9,12-14H,6-8,10-11H2,1-5H3,(H2,18,19,20). The molecule has 0 aromatic carbocycles. The highest BCUT2D eigenvalue weighted by Gasteiger charge is 2.28. The fraction of sp³-hybridized carbons (Fsp3) is 0.765. The third-order valence-electron chi connectivity index (χ3n) is 4.29. The molecule has 1 aliphatic rings. The lowest BCUT2D eigenvalue weighted by Gasteiger charge is -2.25. The molecule has 0 saturated heterocycles. The molecule has 2 N–H and O–H groups in total. The molecule has 1 fully saturated rings. The summed E-state index contributed by atoms with van der Waals surface area (Å²) in [6.45, 7) is 10.8. The monoisotopic (exact) mass is 321 g/mol. The Morgan fingerprint density at radius 2 is 2.13 bits per heavy atom. The van der Waals surface area contributed by atoms with Gasteiger partial charge in [0, 0.05) is 31.2 Å². The highest BCUT2D eigenvalue weighted by molar-refractivity contribution is 5.79. The van der Waals surface area contributed by atoms with Crippen LogP contribution in [0.1, 0.15) is 57.9 Å². The second-order valence-electron chi connectivity index (χ2n) is 6.69. The van der Waals surface area contributed by atoms with Crippen molar-refractivity contribution in [3.05, 3.63) is 17.5 Å². The van der Waals surface area contributed by atoms with Crippen LogP contribution in [0, 0.1) is 0 Å². The molecule has 2 rings (SSSR count). The lowest BCUT2D eigenvalue weighted by atomic mass is 10.1. The zero-order valence-electron chi connectivity index (χ0n) is 15.1. The van der Waals surface area contributed by atoms with Crippen LogP contribution in [0.3, 0.4) is 0 Å². The summed E-state index contributed by atoms with van der Waals surface area (Å²) in [4.78, 5) is 7.04. The molecule has 1 heterocycles. The second kappa shape index (κ2) is 8.34. The van der Waals surface area contributed by atoms with E-state index < -0.39 is 0 Å². The SMILES string of the molecule is CCNC(=NCc1cc(C(C)C)no1)NCC(C)N(C)C1CC1. The Balaban J connectivity index is 1.85. The van der Waals surface area contributed by atoms with Gasteiger partial charge in [-0.2, -0.15) is 0 Å². The molecule has 1 atom stereocenters. The van der Waals surface area contributed by atoms with E-state index in [1.807, 2.05) is 6.07 Å². The van der Waals surface area contributed by atoms with Gasteiger partial charge in [0.2, 0.25) is 0 Å². The number of rotatable bonds is 8. The van der Waals surface area contributed by atoms with Gasteiger partial charge in [0.05, 0.1) is 5.69 Å². The van der Waals surface area contributed by atoms with Gasteiger partial charge in [-0.3, -0.25) is 4.90 Å². The van der Waals surface area contributed by atoms with Crippen molar-refractivity contribution in [3.63, 3.8) is 0 Å². The first-order valence-electron chi connectivity index (χ1n) is 8.70. The Morgan fingerprint density at radius 3 is 2.70 bits per heavy atom. The Bertz CT molecular complexity index is 507. The molecule has 1 saturated carbocycles. The number of likely N-dealkylation sites (N-methyl/N-ethyl adjacent to an activating group) is 1. The van der Waals surface area contributed by atoms with Gasteiger partial charge < -0.3 is 15.2 Å². The van der Waals surface area contributed by atoms with Gasteiger partial charge in [0.25, 0.3) is 0 Å². The molecule has 1 aliphatic carbocycles. The summed E-state index contributed by atoms with van der Waals surface area (Å²) < 4.78 is 5.34. The van der Waals surface area contributed by atoms with Crippen molar-refractivity contribution in [1.82, 2.24) is 20.7 Å². The van der Waals surface area contributed by atoms with Crippen LogP contribution in [0.2, 0.25) is 0 Å². The number of hydrogen-bond acceptors (Lipinski definition) is 4. The highest BCUT2D eigenvalue weighted by atomic mass is 16.5. The van der Waals surface area contributed by atoms with E-state index in [1.54, 1.807) is 0 Å². The van der Waals surface area contributed by atoms with Gasteiger partial charge in [-0.1, -0.05) is 19.0 Å². The smallest absolute Gasteiger partial charge is 0.191 e. The van der Waals surface area contributed by atoms with Crippen LogP contribution in [0.5, 0.6) is 0 Å². The number of nitrogens with zero attached hydrogens (tertiary/aromatic N) is 3. The summed E-state index contributed by atoms with van der Waals surface area (Å²) >= 11 is 0. The van der Waals surface area contributed by atoms with E-state index in [2.05, 4.69) is 60.4 Å². The zero-order valence-corrected chi connectivity index (χ0v) is 15.1. The molecule has 0 amide bonds. The van der Waals surface area contributed by atoms with Gasteiger partial charge >= 0.3 is 0 Å². The summed E-state index contributed by atoms with van der Waals surface area (Å²) in [7, 11) is 2.20. The van der Waals surface area contributed by atoms with Crippen molar-refractivity contribution in [1.29, 1.82) is 0 Å². The minimum absolute atomic E-state index is 0.377. The Labute approximate surface area is 139 Å². The molecular weight excluding hydrogens is 290 g/mol. The van der Waals surface area contributed by atoms with Crippen LogP contribution in [-0.4, -0.2) is 48.2 Å². The maximum Gasteiger partial charge on any atom is 0.191 e. The lowest BCUT2D eigenvalue weighted by molar-refractivity contribution is 0.247. The first kappa shape index (κ1) is 17.8. The lowest BCUT2D eigenvalue weighted by Crippen LogP contribution is -2.45. The zero-order chi connectivity index (χ0) is 16.8. The second-order valence-corrected chi connectivity index (χ2v) is 6.69. The van der Waals surface area contributed by atoms with Crippen LogP contribution in [0.4, 0.5) is 0 Å². The molecule has 0 spiro atoms. The predicted octanol–water partition coefficient (Wildman–Crippen LogP) is 2.34. The molecular formula is C17H31N5O. The van der Waals surface area contributed by atoms with Gasteiger partial charge in [-0.15, -0.1) is 0 Å². The van der Waals surface area contributed by atoms with Crippen molar-refractivity contribution in [2.24, 2.45) is 4.99 Å². The van der Waals surface area contributed by atoms with Gasteiger partial charge in [0.1, 0.15) is 6.54 Å². The Morgan fingerprint density at radius 1 is 1.39 bits per heavy atom. The van der Waals surface area contributed by atoms with E-state index in [-0.39, 0.29) is 0 Å². The molecule has 6 nitrogen and oxygen atoms in total. The molecule has 130 valence electrons. The fourth-order valence-electron chi connectivity index (χ4n) is 2.40. The molecule has 0 aliphatic heterocycles. The molecule has 0 bridgehead atoms. The van der Waals surface area contributed by atoms with E-state index >= 15 is 0 Å². The third kappa shape index (κ3) is 5.53. The molecule has 1 aromatic rings. The number of aliphatic imine (C=N–C) groups is 1. The first-order valence-corrected chi connectivity index (χ1v) is 8.70. The van der Waals surface area contributed by atoms with E-state index in [0.29, 0.717) is 18.5 Å². The molecule has 0 radical (unpaired) electrons. The minimum Gasteiger partial charge on any atom is -0.359 e. The van der Waals surface area contributed by atoms with Gasteiger partial charge in [-0.25, -0.2) is 4.99 Å². The van der Waals surface area contributed by atoms with Gasteiger partial charge in [0.15, 0.2) is 11.7 Å². The van der Waals surface area contributed by atoms with Crippen LogP contribution >= 0.6 is 0 Å². The maximum absolute atomic E-state index is 5.34. The average molecular weight is 321 g/mol.